The zero-order valence-electron chi connectivity index (χ0n) is 20.8. The van der Waals surface area contributed by atoms with Crippen LogP contribution in [0, 0.1) is 41.0 Å². The summed E-state index contributed by atoms with van der Waals surface area (Å²) in [6.45, 7) is 2.26. The quantitative estimate of drug-likeness (QED) is 0.377. The number of rotatable bonds is 4. The van der Waals surface area contributed by atoms with Crippen LogP contribution in [0.4, 0.5) is 17.6 Å². The average Bonchev–Trinajstić information content (AvgIpc) is 2.84. The summed E-state index contributed by atoms with van der Waals surface area (Å²) in [5, 5.41) is 0. The van der Waals surface area contributed by atoms with Crippen molar-refractivity contribution in [2.24, 2.45) is 17.8 Å². The minimum absolute atomic E-state index is 0.0294. The largest absolute Gasteiger partial charge is 0.207 e. The Bertz CT molecular complexity index is 963. The van der Waals surface area contributed by atoms with Crippen molar-refractivity contribution < 1.29 is 17.6 Å². The first-order chi connectivity index (χ1) is 16.9. The van der Waals surface area contributed by atoms with Gasteiger partial charge >= 0.3 is 0 Å². The molecule has 190 valence electrons. The van der Waals surface area contributed by atoms with Gasteiger partial charge in [0.25, 0.3) is 0 Å². The molecule has 2 aromatic carbocycles. The minimum atomic E-state index is -0.499. The highest BCUT2D eigenvalue weighted by atomic mass is 19.1. The molecule has 0 nitrogen and oxygen atoms in total. The van der Waals surface area contributed by atoms with Gasteiger partial charge in [0.15, 0.2) is 0 Å². The molecule has 3 aliphatic carbocycles. The molecule has 0 radical (unpaired) electrons. The monoisotopic (exact) mass is 486 g/mol. The molecule has 5 rings (SSSR count). The van der Waals surface area contributed by atoms with Gasteiger partial charge in [-0.1, -0.05) is 19.8 Å². The molecule has 4 heteroatoms. The molecule has 2 aromatic rings. The Labute approximate surface area is 207 Å². The zero-order chi connectivity index (χ0) is 24.5. The van der Waals surface area contributed by atoms with Gasteiger partial charge in [-0.2, -0.15) is 0 Å². The average molecular weight is 487 g/mol. The molecule has 3 fully saturated rings. The first-order valence-corrected chi connectivity index (χ1v) is 13.8. The molecule has 35 heavy (non-hydrogen) atoms. The van der Waals surface area contributed by atoms with E-state index in [1.54, 1.807) is 12.1 Å². The smallest absolute Gasteiger partial charge is 0.129 e. The van der Waals surface area contributed by atoms with Crippen molar-refractivity contribution in [2.75, 3.05) is 0 Å². The van der Waals surface area contributed by atoms with E-state index in [1.807, 2.05) is 0 Å². The molecule has 3 saturated carbocycles. The van der Waals surface area contributed by atoms with E-state index < -0.39 is 11.6 Å². The van der Waals surface area contributed by atoms with Crippen LogP contribution in [0.2, 0.25) is 0 Å². The molecule has 0 aromatic heterocycles. The lowest BCUT2D eigenvalue weighted by Crippen LogP contribution is -2.25. The Morgan fingerprint density at radius 2 is 0.886 bits per heavy atom. The third-order valence-corrected chi connectivity index (χ3v) is 9.56. The van der Waals surface area contributed by atoms with Crippen LogP contribution < -0.4 is 0 Å². The Hall–Kier alpha value is -1.84. The normalized spacial score (nSPS) is 31.9. The van der Waals surface area contributed by atoms with Crippen molar-refractivity contribution >= 4 is 0 Å². The fourth-order valence-corrected chi connectivity index (χ4v) is 7.44. The summed E-state index contributed by atoms with van der Waals surface area (Å²) in [6.07, 6.45) is 12.1. The summed E-state index contributed by atoms with van der Waals surface area (Å²) in [5.41, 5.74) is 1.94. The Morgan fingerprint density at radius 3 is 1.37 bits per heavy atom. The highest BCUT2D eigenvalue weighted by Gasteiger charge is 2.34. The van der Waals surface area contributed by atoms with Gasteiger partial charge in [0, 0.05) is 11.6 Å². The summed E-state index contributed by atoms with van der Waals surface area (Å²) >= 11 is 0. The lowest BCUT2D eigenvalue weighted by Gasteiger charge is -2.38. The fraction of sp³-hybridized carbons (Fsp3) is 0.613. The number of halogens is 4. The van der Waals surface area contributed by atoms with E-state index >= 15 is 8.78 Å². The molecule has 0 unspecified atom stereocenters. The molecule has 0 aliphatic heterocycles. The van der Waals surface area contributed by atoms with Crippen molar-refractivity contribution in [1.29, 1.82) is 0 Å². The van der Waals surface area contributed by atoms with E-state index in [2.05, 4.69) is 6.92 Å². The van der Waals surface area contributed by atoms with Gasteiger partial charge in [-0.05, 0) is 135 Å². The topological polar surface area (TPSA) is 0 Å². The van der Waals surface area contributed by atoms with Gasteiger partial charge in [-0.25, -0.2) is 17.6 Å². The summed E-state index contributed by atoms with van der Waals surface area (Å²) in [5.74, 6) is 0.716. The number of hydrogen-bond donors (Lipinski definition) is 0. The second-order valence-corrected chi connectivity index (χ2v) is 11.8. The maximum absolute atomic E-state index is 15.1. The van der Waals surface area contributed by atoms with Crippen LogP contribution in [-0.2, 0) is 0 Å². The Balaban J connectivity index is 1.16. The first-order valence-electron chi connectivity index (χ1n) is 13.8. The Kier molecular flexibility index (Phi) is 7.55. The van der Waals surface area contributed by atoms with Crippen molar-refractivity contribution in [3.8, 4) is 0 Å². The van der Waals surface area contributed by atoms with E-state index in [1.165, 1.54) is 12.1 Å². The van der Waals surface area contributed by atoms with E-state index in [9.17, 15) is 8.78 Å². The maximum Gasteiger partial charge on any atom is 0.129 e. The highest BCUT2D eigenvalue weighted by molar-refractivity contribution is 5.32. The van der Waals surface area contributed by atoms with Gasteiger partial charge in [0.1, 0.15) is 23.3 Å². The molecule has 0 spiro atoms. The molecule has 3 aliphatic rings. The predicted molar refractivity (Wildman–Crippen MR) is 132 cm³/mol. The second-order valence-electron chi connectivity index (χ2n) is 11.8. The second kappa shape index (κ2) is 10.6. The summed E-state index contributed by atoms with van der Waals surface area (Å²) in [4.78, 5) is 0. The van der Waals surface area contributed by atoms with Crippen molar-refractivity contribution in [3.05, 3.63) is 70.3 Å². The van der Waals surface area contributed by atoms with E-state index in [0.29, 0.717) is 23.3 Å². The summed E-state index contributed by atoms with van der Waals surface area (Å²) < 4.78 is 57.5. The van der Waals surface area contributed by atoms with Crippen LogP contribution in [0.25, 0.3) is 0 Å². The van der Waals surface area contributed by atoms with Crippen molar-refractivity contribution in [2.45, 2.75) is 102 Å². The third-order valence-electron chi connectivity index (χ3n) is 9.56. The van der Waals surface area contributed by atoms with Gasteiger partial charge < -0.3 is 0 Å². The lowest BCUT2D eigenvalue weighted by atomic mass is 9.67. The van der Waals surface area contributed by atoms with Gasteiger partial charge in [0.05, 0.1) is 0 Å². The Morgan fingerprint density at radius 1 is 0.486 bits per heavy atom. The van der Waals surface area contributed by atoms with Gasteiger partial charge in [0.2, 0.25) is 0 Å². The van der Waals surface area contributed by atoms with E-state index in [0.717, 1.165) is 100 Å². The van der Waals surface area contributed by atoms with Crippen LogP contribution in [-0.4, -0.2) is 0 Å². The first kappa shape index (κ1) is 24.8. The SMILES string of the molecule is CC1CCC(c2cc(F)c(C3CCC(C4CCC(c5cc(F)cc(F)c5)CC4)CC3)c(F)c2)CC1. The summed E-state index contributed by atoms with van der Waals surface area (Å²) in [7, 11) is 0. The van der Waals surface area contributed by atoms with E-state index in [-0.39, 0.29) is 23.5 Å². The standard InChI is InChI=1S/C31H38F4/c1-19-2-4-22(5-3-19)26-16-29(34)31(30(35)17-26)24-12-10-21(11-13-24)20-6-8-23(9-7-20)25-14-27(32)18-28(33)15-25/h14-24H,2-13H2,1H3. The molecular weight excluding hydrogens is 448 g/mol. The third kappa shape index (κ3) is 5.62. The van der Waals surface area contributed by atoms with Crippen LogP contribution in [0.1, 0.15) is 118 Å². The highest BCUT2D eigenvalue weighted by Crippen LogP contribution is 2.47. The number of hydrogen-bond acceptors (Lipinski definition) is 0. The van der Waals surface area contributed by atoms with E-state index in [4.69, 9.17) is 0 Å². The minimum Gasteiger partial charge on any atom is -0.207 e. The molecule has 0 atom stereocenters. The van der Waals surface area contributed by atoms with Crippen LogP contribution in [0.15, 0.2) is 30.3 Å². The molecular formula is C31H38F4. The van der Waals surface area contributed by atoms with Gasteiger partial charge in [-0.15, -0.1) is 0 Å². The molecule has 0 N–H and O–H groups in total. The zero-order valence-corrected chi connectivity index (χ0v) is 20.8. The predicted octanol–water partition coefficient (Wildman–Crippen LogP) is 9.78. The number of benzene rings is 2. The molecule has 0 saturated heterocycles. The summed E-state index contributed by atoms with van der Waals surface area (Å²) in [6, 6.07) is 7.14. The van der Waals surface area contributed by atoms with Crippen molar-refractivity contribution in [3.63, 3.8) is 0 Å². The lowest BCUT2D eigenvalue weighted by molar-refractivity contribution is 0.175. The maximum atomic E-state index is 15.1. The molecule has 0 bridgehead atoms. The molecule has 0 amide bonds. The van der Waals surface area contributed by atoms with Gasteiger partial charge in [-0.3, -0.25) is 0 Å². The fourth-order valence-electron chi connectivity index (χ4n) is 7.44. The molecule has 0 heterocycles. The van der Waals surface area contributed by atoms with Crippen molar-refractivity contribution in [1.82, 2.24) is 0 Å². The van der Waals surface area contributed by atoms with Crippen LogP contribution >= 0.6 is 0 Å². The van der Waals surface area contributed by atoms with Crippen LogP contribution in [0.5, 0.6) is 0 Å². The van der Waals surface area contributed by atoms with Crippen LogP contribution in [0.3, 0.4) is 0 Å².